The van der Waals surface area contributed by atoms with Gasteiger partial charge in [0.1, 0.15) is 6.54 Å². The Morgan fingerprint density at radius 3 is 2.20 bits per heavy atom. The lowest BCUT2D eigenvalue weighted by atomic mass is 10.1. The lowest BCUT2D eigenvalue weighted by molar-refractivity contribution is -0.169. The van der Waals surface area contributed by atoms with Gasteiger partial charge in [-0.2, -0.15) is 0 Å². The maximum Gasteiger partial charge on any atom is 0.420 e. The van der Waals surface area contributed by atoms with Crippen LogP contribution in [0.15, 0.2) is 57.7 Å². The Hall–Kier alpha value is -3.68. The van der Waals surface area contributed by atoms with Crippen LogP contribution in [-0.2, 0) is 16.2 Å². The van der Waals surface area contributed by atoms with E-state index < -0.39 is 30.1 Å². The third-order valence-electron chi connectivity index (χ3n) is 3.81. The van der Waals surface area contributed by atoms with Gasteiger partial charge in [0.05, 0.1) is 16.6 Å². The summed E-state index contributed by atoms with van der Waals surface area (Å²) in [6.07, 6.45) is 0. The number of hydrogen-bond donors (Lipinski definition) is 0. The molecule has 0 spiro atoms. The molecule has 8 nitrogen and oxygen atoms in total. The molecule has 0 bridgehead atoms. The number of aromatic nitrogens is 1. The number of amides is 2. The maximum atomic E-state index is 12.2. The zero-order valence-electron chi connectivity index (χ0n) is 12.7. The van der Waals surface area contributed by atoms with Crippen molar-refractivity contribution in [1.82, 2.24) is 9.63 Å². The number of oxazole rings is 1. The maximum absolute atomic E-state index is 12.2. The van der Waals surface area contributed by atoms with Crippen molar-refractivity contribution in [2.24, 2.45) is 0 Å². The SMILES string of the molecule is O=C(Cn1c(=O)oc2ccccc21)ON1C(=O)c2ccccc2C1=O. The monoisotopic (exact) mass is 338 g/mol. The van der Waals surface area contributed by atoms with E-state index in [-0.39, 0.29) is 11.1 Å². The Balaban J connectivity index is 1.57. The number of nitrogens with zero attached hydrogens (tertiary/aromatic N) is 2. The quantitative estimate of drug-likeness (QED) is 0.669. The summed E-state index contributed by atoms with van der Waals surface area (Å²) in [6, 6.07) is 12.7. The molecule has 0 atom stereocenters. The highest BCUT2D eigenvalue weighted by Gasteiger charge is 2.38. The van der Waals surface area contributed by atoms with E-state index in [1.165, 1.54) is 12.1 Å². The molecule has 0 aliphatic carbocycles. The number of para-hydroxylation sites is 2. The molecule has 0 saturated heterocycles. The molecular formula is C17H10N2O6. The van der Waals surface area contributed by atoms with Gasteiger partial charge < -0.3 is 9.25 Å². The highest BCUT2D eigenvalue weighted by molar-refractivity contribution is 6.20. The molecule has 2 amide bonds. The van der Waals surface area contributed by atoms with Gasteiger partial charge in [-0.25, -0.2) is 9.59 Å². The van der Waals surface area contributed by atoms with E-state index in [1.54, 1.807) is 36.4 Å². The number of fused-ring (bicyclic) bond motifs is 2. The number of benzene rings is 2. The van der Waals surface area contributed by atoms with Crippen LogP contribution in [0.5, 0.6) is 0 Å². The summed E-state index contributed by atoms with van der Waals surface area (Å²) in [5.74, 6) is -3.12. The third kappa shape index (κ3) is 2.31. The third-order valence-corrected chi connectivity index (χ3v) is 3.81. The predicted octanol–water partition coefficient (Wildman–Crippen LogP) is 1.35. The highest BCUT2D eigenvalue weighted by Crippen LogP contribution is 2.22. The molecule has 2 aromatic carbocycles. The minimum atomic E-state index is -0.942. The van der Waals surface area contributed by atoms with Gasteiger partial charge in [0.2, 0.25) is 0 Å². The first-order valence-electron chi connectivity index (χ1n) is 7.33. The van der Waals surface area contributed by atoms with E-state index in [2.05, 4.69) is 0 Å². The zero-order chi connectivity index (χ0) is 17.6. The predicted molar refractivity (Wildman–Crippen MR) is 83.5 cm³/mol. The summed E-state index contributed by atoms with van der Waals surface area (Å²) in [5, 5.41) is 0.403. The molecule has 1 aliphatic rings. The summed E-state index contributed by atoms with van der Waals surface area (Å²) < 4.78 is 6.08. The van der Waals surface area contributed by atoms with Gasteiger partial charge >= 0.3 is 11.7 Å². The van der Waals surface area contributed by atoms with Gasteiger partial charge in [0, 0.05) is 0 Å². The van der Waals surface area contributed by atoms with Crippen molar-refractivity contribution < 1.29 is 23.6 Å². The average molecular weight is 338 g/mol. The van der Waals surface area contributed by atoms with Crippen molar-refractivity contribution in [3.63, 3.8) is 0 Å². The number of imide groups is 1. The Morgan fingerprint density at radius 2 is 1.52 bits per heavy atom. The molecule has 2 heterocycles. The fourth-order valence-corrected chi connectivity index (χ4v) is 2.67. The van der Waals surface area contributed by atoms with Crippen LogP contribution in [0.1, 0.15) is 20.7 Å². The topological polar surface area (TPSA) is 98.8 Å². The molecule has 25 heavy (non-hydrogen) atoms. The number of hydrogen-bond acceptors (Lipinski definition) is 6. The second-order valence-electron chi connectivity index (χ2n) is 5.34. The van der Waals surface area contributed by atoms with Crippen molar-refractivity contribution in [2.75, 3.05) is 0 Å². The molecule has 1 aromatic heterocycles. The van der Waals surface area contributed by atoms with Crippen LogP contribution in [0.3, 0.4) is 0 Å². The lowest BCUT2D eigenvalue weighted by Crippen LogP contribution is -2.34. The van der Waals surface area contributed by atoms with Gasteiger partial charge in [0.25, 0.3) is 11.8 Å². The molecule has 0 saturated carbocycles. The van der Waals surface area contributed by atoms with E-state index in [0.717, 1.165) is 4.57 Å². The Kier molecular flexibility index (Phi) is 3.24. The second kappa shape index (κ2) is 5.45. The summed E-state index contributed by atoms with van der Waals surface area (Å²) in [7, 11) is 0. The van der Waals surface area contributed by atoms with Crippen molar-refractivity contribution >= 4 is 28.9 Å². The largest absolute Gasteiger partial charge is 0.420 e. The fourth-order valence-electron chi connectivity index (χ4n) is 2.67. The van der Waals surface area contributed by atoms with Gasteiger partial charge in [-0.3, -0.25) is 14.2 Å². The molecule has 0 unspecified atom stereocenters. The molecule has 3 aromatic rings. The molecular weight excluding hydrogens is 328 g/mol. The summed E-state index contributed by atoms with van der Waals surface area (Å²) in [4.78, 5) is 53.2. The number of rotatable bonds is 3. The fraction of sp³-hybridized carbons (Fsp3) is 0.0588. The Labute approximate surface area is 139 Å². The minimum Gasteiger partial charge on any atom is -0.408 e. The lowest BCUT2D eigenvalue weighted by Gasteiger charge is -2.12. The van der Waals surface area contributed by atoms with Crippen LogP contribution in [0.2, 0.25) is 0 Å². The zero-order valence-corrected chi connectivity index (χ0v) is 12.7. The smallest absolute Gasteiger partial charge is 0.408 e. The summed E-state index contributed by atoms with van der Waals surface area (Å²) >= 11 is 0. The molecule has 4 rings (SSSR count). The number of carbonyl (C=O) groups is 3. The van der Waals surface area contributed by atoms with Gasteiger partial charge in [-0.1, -0.05) is 29.3 Å². The van der Waals surface area contributed by atoms with Crippen LogP contribution < -0.4 is 5.76 Å². The van der Waals surface area contributed by atoms with Gasteiger partial charge in [-0.15, -0.1) is 0 Å². The van der Waals surface area contributed by atoms with Gasteiger partial charge in [-0.05, 0) is 24.3 Å². The highest BCUT2D eigenvalue weighted by atomic mass is 16.7. The first-order chi connectivity index (χ1) is 12.1. The van der Waals surface area contributed by atoms with E-state index >= 15 is 0 Å². The molecule has 8 heteroatoms. The average Bonchev–Trinajstić information content (AvgIpc) is 3.05. The first-order valence-corrected chi connectivity index (χ1v) is 7.33. The van der Waals surface area contributed by atoms with Crippen molar-refractivity contribution in [3.05, 3.63) is 70.2 Å². The van der Waals surface area contributed by atoms with Crippen LogP contribution in [0.25, 0.3) is 11.1 Å². The molecule has 124 valence electrons. The number of hydroxylamine groups is 2. The van der Waals surface area contributed by atoms with E-state index in [9.17, 15) is 19.2 Å². The Morgan fingerprint density at radius 1 is 0.920 bits per heavy atom. The van der Waals surface area contributed by atoms with Gasteiger partial charge in [0.15, 0.2) is 5.58 Å². The molecule has 0 fully saturated rings. The molecule has 0 N–H and O–H groups in total. The Bertz CT molecular complexity index is 1060. The standard InChI is InChI=1S/C17H10N2O6/c20-14(9-18-12-7-3-4-8-13(12)24-17(18)23)25-19-15(21)10-5-1-2-6-11(10)16(19)22/h1-8H,9H2. The van der Waals surface area contributed by atoms with E-state index in [0.29, 0.717) is 16.2 Å². The first kappa shape index (κ1) is 14.9. The van der Waals surface area contributed by atoms with Crippen LogP contribution >= 0.6 is 0 Å². The van der Waals surface area contributed by atoms with Crippen LogP contribution in [-0.4, -0.2) is 27.4 Å². The normalized spacial score (nSPS) is 13.4. The van der Waals surface area contributed by atoms with Crippen molar-refractivity contribution in [1.29, 1.82) is 0 Å². The molecule has 1 aliphatic heterocycles. The second-order valence-corrected chi connectivity index (χ2v) is 5.34. The van der Waals surface area contributed by atoms with Crippen molar-refractivity contribution in [3.8, 4) is 0 Å². The summed E-state index contributed by atoms with van der Waals surface area (Å²) in [6.45, 7) is -0.497. The van der Waals surface area contributed by atoms with Crippen LogP contribution in [0.4, 0.5) is 0 Å². The van der Waals surface area contributed by atoms with Crippen LogP contribution in [0, 0.1) is 0 Å². The summed E-state index contributed by atoms with van der Waals surface area (Å²) in [5.41, 5.74) is 1.05. The molecule has 0 radical (unpaired) electrons. The van der Waals surface area contributed by atoms with E-state index in [4.69, 9.17) is 9.25 Å². The number of carbonyl (C=O) groups excluding carboxylic acids is 3. The van der Waals surface area contributed by atoms with Crippen molar-refractivity contribution in [2.45, 2.75) is 6.54 Å². The minimum absolute atomic E-state index is 0.159. The van der Waals surface area contributed by atoms with E-state index in [1.807, 2.05) is 0 Å².